The maximum atomic E-state index is 14.7. The topological polar surface area (TPSA) is 218 Å². The number of aliphatic hydroxyl groups is 4. The quantitative estimate of drug-likeness (QED) is 0.102. The van der Waals surface area contributed by atoms with Crippen molar-refractivity contribution in [1.82, 2.24) is 15.5 Å². The Hall–Kier alpha value is -2.59. The Labute approximate surface area is 406 Å². The molecule has 10 unspecified atom stereocenters. The lowest BCUT2D eigenvalue weighted by molar-refractivity contribution is -0.335. The number of benzene rings is 1. The van der Waals surface area contributed by atoms with Crippen LogP contribution in [0.3, 0.4) is 0 Å². The zero-order valence-electron chi connectivity index (χ0n) is 44.1. The summed E-state index contributed by atoms with van der Waals surface area (Å²) in [5.41, 5.74) is -6.11. The molecule has 18 atom stereocenters. The van der Waals surface area contributed by atoms with Crippen molar-refractivity contribution in [2.24, 2.45) is 17.8 Å². The van der Waals surface area contributed by atoms with E-state index in [1.54, 1.807) is 53.9 Å². The van der Waals surface area contributed by atoms with Gasteiger partial charge >= 0.3 is 5.97 Å². The van der Waals surface area contributed by atoms with Crippen LogP contribution < -0.4 is 29.6 Å². The molecule has 4 rings (SSSR count). The first kappa shape index (κ1) is 58.0. The van der Waals surface area contributed by atoms with Crippen LogP contribution >= 0.6 is 0 Å². The molecule has 3 aliphatic rings. The third kappa shape index (κ3) is 12.9. The zero-order chi connectivity index (χ0) is 51.1. The molecule has 0 saturated carbocycles. The minimum absolute atomic E-state index is 0.0720. The lowest BCUT2D eigenvalue weighted by atomic mass is 9.75. The van der Waals surface area contributed by atoms with Crippen LogP contribution in [0, 0.1) is 17.8 Å². The highest BCUT2D eigenvalue weighted by atomic mass is 16.7. The predicted octanol–water partition coefficient (Wildman–Crippen LogP) is 4.04. The minimum Gasteiger partial charge on any atom is -0.493 e. The molecule has 68 heavy (non-hydrogen) atoms. The number of nitrogens with one attached hydrogen (secondary N) is 2. The van der Waals surface area contributed by atoms with Crippen LogP contribution in [0.25, 0.3) is 0 Å². The molecule has 6 N–H and O–H groups in total. The largest absolute Gasteiger partial charge is 0.493 e. The average Bonchev–Trinajstić information content (AvgIpc) is 3.28. The number of ether oxygens (including phenoxy) is 10. The second-order valence-electron chi connectivity index (χ2n) is 20.6. The van der Waals surface area contributed by atoms with E-state index >= 15 is 0 Å². The first-order chi connectivity index (χ1) is 31.8. The molecule has 3 heterocycles. The van der Waals surface area contributed by atoms with E-state index in [-0.39, 0.29) is 43.9 Å². The average molecular weight is 972 g/mol. The van der Waals surface area contributed by atoms with Gasteiger partial charge in [-0.05, 0) is 107 Å². The molecule has 0 spiro atoms. The van der Waals surface area contributed by atoms with Gasteiger partial charge in [0.15, 0.2) is 30.2 Å². The first-order valence-electron chi connectivity index (χ1n) is 24.6. The summed E-state index contributed by atoms with van der Waals surface area (Å²) >= 11 is 0. The van der Waals surface area contributed by atoms with Crippen molar-refractivity contribution >= 4 is 5.97 Å². The van der Waals surface area contributed by atoms with Crippen LogP contribution in [0.15, 0.2) is 12.1 Å². The number of likely N-dealkylation sites (N-methyl/N-ethyl adjacent to an activating group) is 1. The van der Waals surface area contributed by atoms with E-state index in [1.807, 2.05) is 48.7 Å². The second kappa shape index (κ2) is 24.2. The van der Waals surface area contributed by atoms with Crippen molar-refractivity contribution in [1.29, 1.82) is 0 Å². The van der Waals surface area contributed by atoms with E-state index < -0.39 is 95.5 Å². The summed E-state index contributed by atoms with van der Waals surface area (Å²) in [7, 11) is 10.0. The SMILES string of the molecule is CCCNC[C@]1(O)[C@H](C)O[C@@H](OC2C(C)C(=O)OC(CC)C(C)(O)C(O)C(C)NCC(C)CC(C)(O)C(O[C@@H]3O[C@H](C)C[C@H](N(C)C)[C@H]3Oc3cc(OC)c(OC)c(OC)c3)C2C)C[C@@]1(C)OC. The molecule has 0 aromatic heterocycles. The van der Waals surface area contributed by atoms with E-state index in [0.29, 0.717) is 42.5 Å². The molecule has 18 nitrogen and oxygen atoms in total. The normalized spacial score (nSPS) is 41.3. The molecule has 0 aliphatic carbocycles. The number of carbonyl (C=O) groups is 1. The number of methoxy groups -OCH3 is 4. The summed E-state index contributed by atoms with van der Waals surface area (Å²) in [5.74, 6) is -1.23. The maximum absolute atomic E-state index is 14.7. The van der Waals surface area contributed by atoms with Crippen molar-refractivity contribution in [3.05, 3.63) is 12.1 Å². The van der Waals surface area contributed by atoms with Gasteiger partial charge in [0.1, 0.15) is 34.8 Å². The number of esters is 1. The summed E-state index contributed by atoms with van der Waals surface area (Å²) in [4.78, 5) is 16.7. The van der Waals surface area contributed by atoms with Crippen molar-refractivity contribution in [3.8, 4) is 23.0 Å². The Bertz CT molecular complexity index is 1710. The number of rotatable bonds is 16. The highest BCUT2D eigenvalue weighted by Crippen LogP contribution is 2.45. The zero-order valence-corrected chi connectivity index (χ0v) is 44.1. The molecule has 3 fully saturated rings. The Kier molecular flexibility index (Phi) is 20.7. The van der Waals surface area contributed by atoms with Crippen molar-refractivity contribution in [2.75, 3.05) is 62.2 Å². The smallest absolute Gasteiger partial charge is 0.311 e. The van der Waals surface area contributed by atoms with Crippen molar-refractivity contribution in [2.45, 2.75) is 198 Å². The van der Waals surface area contributed by atoms with Gasteiger partial charge in [-0.2, -0.15) is 0 Å². The van der Waals surface area contributed by atoms with Crippen LogP contribution in [0.2, 0.25) is 0 Å². The molecule has 0 radical (unpaired) electrons. The molecular weight excluding hydrogens is 883 g/mol. The molecular formula is C50H89N3O15. The van der Waals surface area contributed by atoms with Crippen molar-refractivity contribution in [3.63, 3.8) is 0 Å². The molecule has 0 amide bonds. The van der Waals surface area contributed by atoms with E-state index in [1.165, 1.54) is 28.3 Å². The van der Waals surface area contributed by atoms with E-state index in [0.717, 1.165) is 6.42 Å². The van der Waals surface area contributed by atoms with Gasteiger partial charge in [-0.3, -0.25) is 4.79 Å². The molecule has 1 aromatic rings. The Morgan fingerprint density at radius 2 is 1.51 bits per heavy atom. The van der Waals surface area contributed by atoms with Crippen LogP contribution in [-0.4, -0.2) is 183 Å². The monoisotopic (exact) mass is 972 g/mol. The third-order valence-electron chi connectivity index (χ3n) is 14.9. The van der Waals surface area contributed by atoms with Gasteiger partial charge in [0.05, 0.1) is 63.3 Å². The molecule has 3 saturated heterocycles. The number of carbonyl (C=O) groups excluding carboxylic acids is 1. The highest BCUT2D eigenvalue weighted by molar-refractivity contribution is 5.73. The third-order valence-corrected chi connectivity index (χ3v) is 14.9. The molecule has 18 heteroatoms. The first-order valence-corrected chi connectivity index (χ1v) is 24.6. The van der Waals surface area contributed by atoms with Gasteiger partial charge in [0, 0.05) is 44.2 Å². The molecule has 3 aliphatic heterocycles. The van der Waals surface area contributed by atoms with Crippen LogP contribution in [0.1, 0.15) is 108 Å². The summed E-state index contributed by atoms with van der Waals surface area (Å²) in [5, 5.41) is 55.3. The second-order valence-corrected chi connectivity index (χ2v) is 20.6. The van der Waals surface area contributed by atoms with Crippen LogP contribution in [0.5, 0.6) is 23.0 Å². The fourth-order valence-corrected chi connectivity index (χ4v) is 10.6. The number of nitrogens with zero attached hydrogens (tertiary/aromatic N) is 1. The maximum Gasteiger partial charge on any atom is 0.311 e. The van der Waals surface area contributed by atoms with E-state index in [9.17, 15) is 25.2 Å². The van der Waals surface area contributed by atoms with Gasteiger partial charge in [-0.25, -0.2) is 0 Å². The van der Waals surface area contributed by atoms with Gasteiger partial charge in [0.25, 0.3) is 0 Å². The fraction of sp³-hybridized carbons (Fsp3) is 0.860. The fourth-order valence-electron chi connectivity index (χ4n) is 10.6. The van der Waals surface area contributed by atoms with Gasteiger partial charge in [0.2, 0.25) is 5.75 Å². The highest BCUT2D eigenvalue weighted by Gasteiger charge is 2.58. The molecule has 394 valence electrons. The Morgan fingerprint density at radius 3 is 2.06 bits per heavy atom. The summed E-state index contributed by atoms with van der Waals surface area (Å²) in [6.45, 7) is 21.0. The molecule has 1 aromatic carbocycles. The van der Waals surface area contributed by atoms with Gasteiger partial charge in [-0.15, -0.1) is 0 Å². The number of cyclic esters (lactones) is 1. The number of hydrogen-bond acceptors (Lipinski definition) is 18. The lowest BCUT2D eigenvalue weighted by Gasteiger charge is -2.53. The van der Waals surface area contributed by atoms with E-state index in [2.05, 4.69) is 15.5 Å². The van der Waals surface area contributed by atoms with Gasteiger partial charge in [-0.1, -0.05) is 27.7 Å². The Morgan fingerprint density at radius 1 is 0.882 bits per heavy atom. The standard InChI is InChI=1S/C50H89N3O15/c1-18-20-51-27-50(58)33(8)64-39(25-48(50,10)62-17)67-40-30(5)44(47(9,56)24-28(3)26-52-32(7)43(54)49(11,57)38(19-2)66-45(55)31(40)6)68-46-41(35(53(12)13)21-29(4)63-46)65-34-22-36(59-14)42(61-16)37(23-34)60-15/h22-23,28-33,35,38-41,43-44,46,51-52,54,56-58H,18-21,24-27H2,1-17H3/t28?,29-,30?,31?,32?,33+,35+,38?,39+,40?,41-,43?,44?,46+,47?,48-,49?,50+/m1/s1. The molecule has 0 bridgehead atoms. The number of hydrogen-bond donors (Lipinski definition) is 6. The Balaban J connectivity index is 1.90. The van der Waals surface area contributed by atoms with Crippen LogP contribution in [-0.2, 0) is 33.2 Å². The predicted molar refractivity (Wildman–Crippen MR) is 256 cm³/mol. The van der Waals surface area contributed by atoms with E-state index in [4.69, 9.17) is 47.4 Å². The summed E-state index contributed by atoms with van der Waals surface area (Å²) in [6.07, 6.45) is -6.74. The van der Waals surface area contributed by atoms with Crippen molar-refractivity contribution < 1.29 is 72.6 Å². The summed E-state index contributed by atoms with van der Waals surface area (Å²) in [6, 6.07) is 2.53. The minimum atomic E-state index is -1.84. The number of aliphatic hydroxyl groups excluding tert-OH is 1. The van der Waals surface area contributed by atoms with Crippen LogP contribution in [0.4, 0.5) is 0 Å². The lowest BCUT2D eigenvalue weighted by Crippen LogP contribution is -2.70. The van der Waals surface area contributed by atoms with Gasteiger partial charge < -0.3 is 83.3 Å². The summed E-state index contributed by atoms with van der Waals surface area (Å²) < 4.78 is 63.5.